The number of aryl methyl sites for hydroxylation is 1. The van der Waals surface area contributed by atoms with Crippen LogP contribution in [0.4, 0.5) is 4.39 Å². The predicted molar refractivity (Wildman–Crippen MR) is 103 cm³/mol. The van der Waals surface area contributed by atoms with Gasteiger partial charge < -0.3 is 9.73 Å². The van der Waals surface area contributed by atoms with Gasteiger partial charge in [0.25, 0.3) is 5.91 Å². The zero-order valence-corrected chi connectivity index (χ0v) is 15.6. The Bertz CT molecular complexity index is 1060. The second-order valence-electron chi connectivity index (χ2n) is 6.28. The lowest BCUT2D eigenvalue weighted by molar-refractivity contribution is 0.0958. The van der Waals surface area contributed by atoms with E-state index >= 15 is 0 Å². The van der Waals surface area contributed by atoms with Crippen LogP contribution in [0.5, 0.6) is 0 Å². The third-order valence-corrected chi connectivity index (χ3v) is 5.46. The van der Waals surface area contributed by atoms with Gasteiger partial charge in [-0.15, -0.1) is 11.3 Å². The van der Waals surface area contributed by atoms with Gasteiger partial charge in [-0.25, -0.2) is 4.39 Å². The van der Waals surface area contributed by atoms with Crippen LogP contribution >= 0.6 is 11.3 Å². The minimum Gasteiger partial charge on any atom is -0.469 e. The summed E-state index contributed by atoms with van der Waals surface area (Å²) in [4.78, 5) is 14.0. The van der Waals surface area contributed by atoms with Gasteiger partial charge in [-0.3, -0.25) is 9.48 Å². The maximum absolute atomic E-state index is 13.1. The van der Waals surface area contributed by atoms with Crippen molar-refractivity contribution in [1.82, 2.24) is 15.1 Å². The number of carbonyl (C=O) groups excluding carboxylic acids is 1. The molecule has 5 nitrogen and oxygen atoms in total. The van der Waals surface area contributed by atoms with Crippen LogP contribution in [0, 0.1) is 12.7 Å². The molecule has 0 atom stereocenters. The largest absolute Gasteiger partial charge is 0.469 e. The second kappa shape index (κ2) is 7.36. The number of halogens is 1. The molecule has 0 radical (unpaired) electrons. The van der Waals surface area contributed by atoms with Crippen molar-refractivity contribution in [2.45, 2.75) is 19.9 Å². The number of benzene rings is 1. The predicted octanol–water partition coefficient (Wildman–Crippen LogP) is 4.16. The Labute approximate surface area is 159 Å². The number of aromatic nitrogens is 2. The van der Waals surface area contributed by atoms with Crippen molar-refractivity contribution in [1.29, 1.82) is 0 Å². The molecule has 0 unspecified atom stereocenters. The smallest absolute Gasteiger partial charge is 0.261 e. The molecule has 0 aliphatic rings. The highest BCUT2D eigenvalue weighted by Crippen LogP contribution is 2.28. The second-order valence-corrected chi connectivity index (χ2v) is 7.31. The van der Waals surface area contributed by atoms with E-state index in [1.54, 1.807) is 18.4 Å². The van der Waals surface area contributed by atoms with Gasteiger partial charge in [-0.2, -0.15) is 5.10 Å². The summed E-state index contributed by atoms with van der Waals surface area (Å²) in [5.41, 5.74) is 1.83. The number of rotatable bonds is 6. The fourth-order valence-corrected chi connectivity index (χ4v) is 4.01. The number of furan rings is 1. The molecular weight excluding hydrogens is 365 g/mol. The molecule has 3 aromatic heterocycles. The first-order valence-corrected chi connectivity index (χ1v) is 9.44. The SMILES string of the molecule is Cc1nn(Cc2ccc(F)cc2)c2sc(C(=O)NCCc3ccco3)cc12. The van der Waals surface area contributed by atoms with Crippen LogP contribution in [0.25, 0.3) is 10.2 Å². The number of hydrogen-bond acceptors (Lipinski definition) is 4. The van der Waals surface area contributed by atoms with Crippen molar-refractivity contribution in [2.24, 2.45) is 0 Å². The highest BCUT2D eigenvalue weighted by Gasteiger charge is 2.16. The highest BCUT2D eigenvalue weighted by molar-refractivity contribution is 7.20. The third kappa shape index (κ3) is 3.78. The van der Waals surface area contributed by atoms with Crippen LogP contribution < -0.4 is 5.32 Å². The molecule has 1 N–H and O–H groups in total. The summed E-state index contributed by atoms with van der Waals surface area (Å²) in [6.07, 6.45) is 2.28. The molecular formula is C20H18FN3O2S. The first kappa shape index (κ1) is 17.5. The van der Waals surface area contributed by atoms with E-state index in [1.165, 1.54) is 23.5 Å². The van der Waals surface area contributed by atoms with E-state index in [0.717, 1.165) is 27.2 Å². The number of nitrogens with zero attached hydrogens (tertiary/aromatic N) is 2. The van der Waals surface area contributed by atoms with E-state index in [4.69, 9.17) is 4.42 Å². The first-order valence-electron chi connectivity index (χ1n) is 8.62. The maximum atomic E-state index is 13.1. The molecule has 0 saturated carbocycles. The highest BCUT2D eigenvalue weighted by atomic mass is 32.1. The van der Waals surface area contributed by atoms with Gasteiger partial charge in [-0.1, -0.05) is 12.1 Å². The van der Waals surface area contributed by atoms with E-state index in [9.17, 15) is 9.18 Å². The zero-order chi connectivity index (χ0) is 18.8. The van der Waals surface area contributed by atoms with Gasteiger partial charge in [0.1, 0.15) is 16.4 Å². The number of thiophene rings is 1. The third-order valence-electron chi connectivity index (χ3n) is 4.31. The van der Waals surface area contributed by atoms with Crippen molar-refractivity contribution in [3.8, 4) is 0 Å². The molecule has 4 aromatic rings. The Morgan fingerprint density at radius 3 is 2.85 bits per heavy atom. The molecule has 1 aromatic carbocycles. The Balaban J connectivity index is 1.49. The Morgan fingerprint density at radius 1 is 1.30 bits per heavy atom. The molecule has 0 aliphatic carbocycles. The van der Waals surface area contributed by atoms with E-state index in [-0.39, 0.29) is 11.7 Å². The maximum Gasteiger partial charge on any atom is 0.261 e. The first-order chi connectivity index (χ1) is 13.1. The summed E-state index contributed by atoms with van der Waals surface area (Å²) >= 11 is 1.41. The van der Waals surface area contributed by atoms with E-state index in [1.807, 2.05) is 29.8 Å². The van der Waals surface area contributed by atoms with Gasteiger partial charge in [0.15, 0.2) is 0 Å². The van der Waals surface area contributed by atoms with Crippen LogP contribution in [0.2, 0.25) is 0 Å². The molecule has 0 aliphatic heterocycles. The molecule has 0 fully saturated rings. The summed E-state index contributed by atoms with van der Waals surface area (Å²) in [5, 5.41) is 8.45. The number of hydrogen-bond donors (Lipinski definition) is 1. The van der Waals surface area contributed by atoms with Crippen LogP contribution in [-0.2, 0) is 13.0 Å². The summed E-state index contributed by atoms with van der Waals surface area (Å²) in [6, 6.07) is 12.0. The molecule has 4 rings (SSSR count). The summed E-state index contributed by atoms with van der Waals surface area (Å²) in [6.45, 7) is 2.97. The Kier molecular flexibility index (Phi) is 4.77. The number of fused-ring (bicyclic) bond motifs is 1. The number of amides is 1. The monoisotopic (exact) mass is 383 g/mol. The van der Waals surface area contributed by atoms with Gasteiger partial charge in [-0.05, 0) is 42.8 Å². The van der Waals surface area contributed by atoms with E-state index < -0.39 is 0 Å². The molecule has 3 heterocycles. The van der Waals surface area contributed by atoms with Gasteiger partial charge in [0, 0.05) is 18.4 Å². The molecule has 1 amide bonds. The summed E-state index contributed by atoms with van der Waals surface area (Å²) in [7, 11) is 0. The van der Waals surface area contributed by atoms with Gasteiger partial charge >= 0.3 is 0 Å². The van der Waals surface area contributed by atoms with Gasteiger partial charge in [0.2, 0.25) is 0 Å². The molecule has 0 saturated heterocycles. The van der Waals surface area contributed by atoms with E-state index in [2.05, 4.69) is 10.4 Å². The van der Waals surface area contributed by atoms with E-state index in [0.29, 0.717) is 24.4 Å². The minimum atomic E-state index is -0.259. The molecule has 138 valence electrons. The quantitative estimate of drug-likeness (QED) is 0.544. The van der Waals surface area contributed by atoms with Crippen LogP contribution in [0.1, 0.15) is 26.7 Å². The lowest BCUT2D eigenvalue weighted by Crippen LogP contribution is -2.24. The summed E-state index contributed by atoms with van der Waals surface area (Å²) in [5.74, 6) is 0.484. The number of nitrogens with one attached hydrogen (secondary N) is 1. The van der Waals surface area contributed by atoms with Crippen LogP contribution in [0.15, 0.2) is 53.1 Å². The standard InChI is InChI=1S/C20H18FN3O2S/c1-13-17-11-18(19(25)22-9-8-16-3-2-10-26-16)27-20(17)24(23-13)12-14-4-6-15(21)7-5-14/h2-7,10-11H,8-9,12H2,1H3,(H,22,25). The molecule has 0 spiro atoms. The molecule has 7 heteroatoms. The molecule has 27 heavy (non-hydrogen) atoms. The lowest BCUT2D eigenvalue weighted by Gasteiger charge is -2.03. The van der Waals surface area contributed by atoms with Crippen molar-refractivity contribution in [3.05, 3.63) is 76.4 Å². The van der Waals surface area contributed by atoms with Crippen molar-refractivity contribution >= 4 is 27.5 Å². The zero-order valence-electron chi connectivity index (χ0n) is 14.7. The average molecular weight is 383 g/mol. The minimum absolute atomic E-state index is 0.101. The van der Waals surface area contributed by atoms with Crippen LogP contribution in [-0.4, -0.2) is 22.2 Å². The fraction of sp³-hybridized carbons (Fsp3) is 0.200. The van der Waals surface area contributed by atoms with Crippen LogP contribution in [0.3, 0.4) is 0 Å². The summed E-state index contributed by atoms with van der Waals surface area (Å²) < 4.78 is 20.2. The average Bonchev–Trinajstić information content (AvgIpc) is 3.37. The van der Waals surface area contributed by atoms with Crippen molar-refractivity contribution in [2.75, 3.05) is 6.54 Å². The topological polar surface area (TPSA) is 60.1 Å². The fourth-order valence-electron chi connectivity index (χ4n) is 2.94. The van der Waals surface area contributed by atoms with Crippen molar-refractivity contribution in [3.63, 3.8) is 0 Å². The van der Waals surface area contributed by atoms with Crippen molar-refractivity contribution < 1.29 is 13.6 Å². The number of carbonyl (C=O) groups is 1. The normalized spacial score (nSPS) is 11.2. The lowest BCUT2D eigenvalue weighted by atomic mass is 10.2. The Morgan fingerprint density at radius 2 is 2.11 bits per heavy atom. The Hall–Kier alpha value is -2.93. The molecule has 0 bridgehead atoms. The van der Waals surface area contributed by atoms with Gasteiger partial charge in [0.05, 0.1) is 23.4 Å².